The Balaban J connectivity index is 1.67. The molecule has 0 radical (unpaired) electrons. The SMILES string of the molecule is FC(F)(F)c1cccc(CNc2cc(Oc3ccccc3)ncn2)c1. The summed E-state index contributed by atoms with van der Waals surface area (Å²) in [6.07, 6.45) is -3.03. The number of rotatable bonds is 5. The van der Waals surface area contributed by atoms with Crippen LogP contribution in [0.3, 0.4) is 0 Å². The lowest BCUT2D eigenvalue weighted by Gasteiger charge is -2.10. The Kier molecular flexibility index (Phi) is 4.83. The van der Waals surface area contributed by atoms with Crippen molar-refractivity contribution >= 4 is 5.82 Å². The number of benzene rings is 2. The molecule has 0 saturated heterocycles. The van der Waals surface area contributed by atoms with Crippen molar-refractivity contribution in [1.82, 2.24) is 9.97 Å². The fourth-order valence-electron chi connectivity index (χ4n) is 2.15. The molecule has 0 unspecified atom stereocenters. The minimum Gasteiger partial charge on any atom is -0.439 e. The number of ether oxygens (including phenoxy) is 1. The summed E-state index contributed by atoms with van der Waals surface area (Å²) in [5.74, 6) is 1.43. The zero-order chi connectivity index (χ0) is 17.7. The molecule has 0 aliphatic rings. The molecule has 3 rings (SSSR count). The van der Waals surface area contributed by atoms with Gasteiger partial charge in [-0.25, -0.2) is 9.97 Å². The Labute approximate surface area is 142 Å². The molecule has 25 heavy (non-hydrogen) atoms. The molecule has 128 valence electrons. The topological polar surface area (TPSA) is 47.0 Å². The maximum absolute atomic E-state index is 12.7. The zero-order valence-electron chi connectivity index (χ0n) is 13.0. The summed E-state index contributed by atoms with van der Waals surface area (Å²) in [7, 11) is 0. The number of para-hydroxylation sites is 1. The van der Waals surface area contributed by atoms with Crippen molar-refractivity contribution < 1.29 is 17.9 Å². The molecule has 2 aromatic carbocycles. The van der Waals surface area contributed by atoms with E-state index in [0.717, 1.165) is 12.1 Å². The highest BCUT2D eigenvalue weighted by atomic mass is 19.4. The first-order valence-electron chi connectivity index (χ1n) is 7.46. The molecule has 0 atom stereocenters. The van der Waals surface area contributed by atoms with Crippen molar-refractivity contribution in [1.29, 1.82) is 0 Å². The van der Waals surface area contributed by atoms with Crippen molar-refractivity contribution in [3.05, 3.63) is 78.1 Å². The summed E-state index contributed by atoms with van der Waals surface area (Å²) in [5, 5.41) is 2.97. The quantitative estimate of drug-likeness (QED) is 0.714. The zero-order valence-corrected chi connectivity index (χ0v) is 13.0. The van der Waals surface area contributed by atoms with Crippen molar-refractivity contribution in [2.24, 2.45) is 0 Å². The van der Waals surface area contributed by atoms with E-state index in [-0.39, 0.29) is 6.54 Å². The monoisotopic (exact) mass is 345 g/mol. The number of anilines is 1. The van der Waals surface area contributed by atoms with Gasteiger partial charge < -0.3 is 10.1 Å². The summed E-state index contributed by atoms with van der Waals surface area (Å²) in [6.45, 7) is 0.200. The first-order chi connectivity index (χ1) is 12.0. The number of nitrogens with zero attached hydrogens (tertiary/aromatic N) is 2. The largest absolute Gasteiger partial charge is 0.439 e. The Bertz CT molecular complexity index is 838. The number of alkyl halides is 3. The predicted molar refractivity (Wildman–Crippen MR) is 87.3 cm³/mol. The third kappa shape index (κ3) is 4.69. The minimum atomic E-state index is -4.36. The van der Waals surface area contributed by atoms with E-state index in [4.69, 9.17) is 4.74 Å². The van der Waals surface area contributed by atoms with Crippen LogP contribution in [0.2, 0.25) is 0 Å². The van der Waals surface area contributed by atoms with E-state index in [1.54, 1.807) is 24.3 Å². The second kappa shape index (κ2) is 7.21. The molecular formula is C18H14F3N3O. The summed E-state index contributed by atoms with van der Waals surface area (Å²) in [6, 6.07) is 15.8. The van der Waals surface area contributed by atoms with E-state index < -0.39 is 11.7 Å². The molecule has 0 spiro atoms. The van der Waals surface area contributed by atoms with Crippen LogP contribution in [0.4, 0.5) is 19.0 Å². The normalized spacial score (nSPS) is 11.2. The van der Waals surface area contributed by atoms with E-state index in [1.807, 2.05) is 18.2 Å². The van der Waals surface area contributed by atoms with Gasteiger partial charge in [0.25, 0.3) is 0 Å². The fourth-order valence-corrected chi connectivity index (χ4v) is 2.15. The van der Waals surface area contributed by atoms with Crippen LogP contribution in [0, 0.1) is 0 Å². The van der Waals surface area contributed by atoms with Gasteiger partial charge >= 0.3 is 6.18 Å². The summed E-state index contributed by atoms with van der Waals surface area (Å²) in [4.78, 5) is 8.06. The summed E-state index contributed by atoms with van der Waals surface area (Å²) >= 11 is 0. The van der Waals surface area contributed by atoms with E-state index >= 15 is 0 Å². The van der Waals surface area contributed by atoms with Crippen molar-refractivity contribution in [2.45, 2.75) is 12.7 Å². The molecule has 0 bridgehead atoms. The van der Waals surface area contributed by atoms with Crippen molar-refractivity contribution in [2.75, 3.05) is 5.32 Å². The Morgan fingerprint density at radius 3 is 2.48 bits per heavy atom. The molecule has 1 heterocycles. The number of halogens is 3. The highest BCUT2D eigenvalue weighted by molar-refractivity contribution is 5.40. The molecule has 1 aromatic heterocycles. The van der Waals surface area contributed by atoms with Gasteiger partial charge in [0.05, 0.1) is 5.56 Å². The van der Waals surface area contributed by atoms with Gasteiger partial charge in [0, 0.05) is 12.6 Å². The molecule has 0 aliphatic heterocycles. The molecule has 0 aliphatic carbocycles. The summed E-state index contributed by atoms with van der Waals surface area (Å²) in [5.41, 5.74) is -0.179. The summed E-state index contributed by atoms with van der Waals surface area (Å²) < 4.78 is 43.8. The lowest BCUT2D eigenvalue weighted by molar-refractivity contribution is -0.137. The van der Waals surface area contributed by atoms with Gasteiger partial charge in [-0.15, -0.1) is 0 Å². The average molecular weight is 345 g/mol. The van der Waals surface area contributed by atoms with Gasteiger partial charge in [0.2, 0.25) is 5.88 Å². The van der Waals surface area contributed by atoms with Gasteiger partial charge in [-0.2, -0.15) is 13.2 Å². The maximum atomic E-state index is 12.7. The smallest absolute Gasteiger partial charge is 0.416 e. The number of aromatic nitrogens is 2. The van der Waals surface area contributed by atoms with Crippen molar-refractivity contribution in [3.8, 4) is 11.6 Å². The lowest BCUT2D eigenvalue weighted by Crippen LogP contribution is -2.07. The molecule has 0 amide bonds. The standard InChI is InChI=1S/C18H14F3N3O/c19-18(20,21)14-6-4-5-13(9-14)11-22-16-10-17(24-12-23-16)25-15-7-2-1-3-8-15/h1-10,12H,11H2,(H,22,23,24). The molecule has 7 heteroatoms. The van der Waals surface area contributed by atoms with Crippen LogP contribution in [0.15, 0.2) is 67.0 Å². The first kappa shape index (κ1) is 16.8. The van der Waals surface area contributed by atoms with Crippen LogP contribution < -0.4 is 10.1 Å². The maximum Gasteiger partial charge on any atom is 0.416 e. The third-order valence-electron chi connectivity index (χ3n) is 3.34. The second-order valence-electron chi connectivity index (χ2n) is 5.21. The Morgan fingerprint density at radius 1 is 0.920 bits per heavy atom. The van der Waals surface area contributed by atoms with Crippen LogP contribution in [0.5, 0.6) is 11.6 Å². The fraction of sp³-hybridized carbons (Fsp3) is 0.111. The van der Waals surface area contributed by atoms with Gasteiger partial charge in [0.1, 0.15) is 17.9 Å². The van der Waals surface area contributed by atoms with Gasteiger partial charge in [0.15, 0.2) is 0 Å². The van der Waals surface area contributed by atoms with Crippen LogP contribution in [0.1, 0.15) is 11.1 Å². The third-order valence-corrected chi connectivity index (χ3v) is 3.34. The predicted octanol–water partition coefficient (Wildman–Crippen LogP) is 4.90. The molecular weight excluding hydrogens is 331 g/mol. The van der Waals surface area contributed by atoms with E-state index in [0.29, 0.717) is 23.0 Å². The van der Waals surface area contributed by atoms with Crippen LogP contribution in [-0.4, -0.2) is 9.97 Å². The minimum absolute atomic E-state index is 0.200. The van der Waals surface area contributed by atoms with E-state index in [1.165, 1.54) is 12.4 Å². The molecule has 0 saturated carbocycles. The Morgan fingerprint density at radius 2 is 1.72 bits per heavy atom. The molecule has 4 nitrogen and oxygen atoms in total. The van der Waals surface area contributed by atoms with Gasteiger partial charge in [-0.1, -0.05) is 30.3 Å². The lowest BCUT2D eigenvalue weighted by atomic mass is 10.1. The van der Waals surface area contributed by atoms with Crippen LogP contribution in [0.25, 0.3) is 0 Å². The highest BCUT2D eigenvalue weighted by Gasteiger charge is 2.30. The first-order valence-corrected chi connectivity index (χ1v) is 7.46. The van der Waals surface area contributed by atoms with Crippen LogP contribution in [-0.2, 0) is 12.7 Å². The molecule has 1 N–H and O–H groups in total. The average Bonchev–Trinajstić information content (AvgIpc) is 2.61. The number of hydrogen-bond acceptors (Lipinski definition) is 4. The highest BCUT2D eigenvalue weighted by Crippen LogP contribution is 2.29. The number of hydrogen-bond donors (Lipinski definition) is 1. The molecule has 3 aromatic rings. The van der Waals surface area contributed by atoms with Crippen LogP contribution >= 0.6 is 0 Å². The second-order valence-corrected chi connectivity index (χ2v) is 5.21. The van der Waals surface area contributed by atoms with Gasteiger partial charge in [-0.05, 0) is 29.8 Å². The van der Waals surface area contributed by atoms with Crippen molar-refractivity contribution in [3.63, 3.8) is 0 Å². The molecule has 0 fully saturated rings. The van der Waals surface area contributed by atoms with E-state index in [9.17, 15) is 13.2 Å². The van der Waals surface area contributed by atoms with E-state index in [2.05, 4.69) is 15.3 Å². The number of nitrogens with one attached hydrogen (secondary N) is 1. The van der Waals surface area contributed by atoms with Gasteiger partial charge in [-0.3, -0.25) is 0 Å². The Hall–Kier alpha value is -3.09.